The Morgan fingerprint density at radius 1 is 1.58 bits per heavy atom. The number of aromatic nitrogens is 1. The molecule has 0 saturated carbocycles. The number of nitrogens with one attached hydrogen (secondary N) is 2. The van der Waals surface area contributed by atoms with Crippen molar-refractivity contribution < 1.29 is 14.3 Å². The van der Waals surface area contributed by atoms with Crippen LogP contribution < -0.4 is 10.7 Å². The molecule has 1 aliphatic heterocycles. The lowest BCUT2D eigenvalue weighted by Gasteiger charge is -2.17. The first kappa shape index (κ1) is 13.8. The van der Waals surface area contributed by atoms with Gasteiger partial charge in [-0.2, -0.15) is 0 Å². The zero-order valence-corrected chi connectivity index (χ0v) is 11.3. The summed E-state index contributed by atoms with van der Waals surface area (Å²) in [6.45, 7) is 6.14. The molecule has 6 heteroatoms. The van der Waals surface area contributed by atoms with E-state index in [0.29, 0.717) is 13.2 Å². The van der Waals surface area contributed by atoms with Gasteiger partial charge in [0.05, 0.1) is 6.61 Å². The Hall–Kier alpha value is -1.66. The zero-order chi connectivity index (χ0) is 14.0. The molecule has 1 fully saturated rings. The molecule has 6 nitrogen and oxygen atoms in total. The second-order valence-electron chi connectivity index (χ2n) is 5.05. The van der Waals surface area contributed by atoms with Crippen molar-refractivity contribution in [2.45, 2.75) is 32.7 Å². The maximum atomic E-state index is 11.9. The fourth-order valence-corrected chi connectivity index (χ4v) is 1.92. The second-order valence-corrected chi connectivity index (χ2v) is 5.05. The first-order valence-electron chi connectivity index (χ1n) is 6.17. The lowest BCUT2D eigenvalue weighted by molar-refractivity contribution is -0.137. The first-order valence-corrected chi connectivity index (χ1v) is 6.17. The van der Waals surface area contributed by atoms with E-state index in [9.17, 15) is 9.59 Å². The number of pyridine rings is 1. The SMILES string of the molecule is Cc1cc(=O)c(C(=O)NCC2COC(C)(C)O2)c[nH]1. The van der Waals surface area contributed by atoms with Crippen LogP contribution in [0.3, 0.4) is 0 Å². The minimum atomic E-state index is -0.614. The van der Waals surface area contributed by atoms with Gasteiger partial charge in [-0.3, -0.25) is 9.59 Å². The van der Waals surface area contributed by atoms with Crippen molar-refractivity contribution in [1.82, 2.24) is 10.3 Å². The number of rotatable bonds is 3. The van der Waals surface area contributed by atoms with Crippen LogP contribution >= 0.6 is 0 Å². The van der Waals surface area contributed by atoms with Crippen molar-refractivity contribution in [3.63, 3.8) is 0 Å². The van der Waals surface area contributed by atoms with E-state index in [2.05, 4.69) is 10.3 Å². The first-order chi connectivity index (χ1) is 8.87. The lowest BCUT2D eigenvalue weighted by Crippen LogP contribution is -2.36. The van der Waals surface area contributed by atoms with Gasteiger partial charge >= 0.3 is 0 Å². The molecule has 0 bridgehead atoms. The molecule has 2 N–H and O–H groups in total. The predicted molar refractivity (Wildman–Crippen MR) is 69.0 cm³/mol. The number of hydrogen-bond donors (Lipinski definition) is 2. The Balaban J connectivity index is 1.93. The van der Waals surface area contributed by atoms with E-state index in [0.717, 1.165) is 5.69 Å². The Morgan fingerprint density at radius 3 is 2.89 bits per heavy atom. The minimum Gasteiger partial charge on any atom is -0.364 e. The maximum Gasteiger partial charge on any atom is 0.256 e. The molecule has 2 rings (SSSR count). The molecule has 0 aliphatic carbocycles. The van der Waals surface area contributed by atoms with Crippen molar-refractivity contribution in [3.8, 4) is 0 Å². The van der Waals surface area contributed by atoms with Crippen molar-refractivity contribution in [2.24, 2.45) is 0 Å². The number of hydrogen-bond acceptors (Lipinski definition) is 4. The zero-order valence-electron chi connectivity index (χ0n) is 11.3. The van der Waals surface area contributed by atoms with Gasteiger partial charge in [-0.05, 0) is 20.8 Å². The molecular formula is C13H18N2O4. The summed E-state index contributed by atoms with van der Waals surface area (Å²) >= 11 is 0. The normalized spacial score (nSPS) is 21.3. The summed E-state index contributed by atoms with van der Waals surface area (Å²) in [5.41, 5.74) is 0.525. The van der Waals surface area contributed by atoms with Crippen molar-refractivity contribution >= 4 is 5.91 Å². The molecule has 2 heterocycles. The average molecular weight is 266 g/mol. The highest BCUT2D eigenvalue weighted by Crippen LogP contribution is 2.21. The van der Waals surface area contributed by atoms with Gasteiger partial charge < -0.3 is 19.8 Å². The lowest BCUT2D eigenvalue weighted by atomic mass is 10.2. The quantitative estimate of drug-likeness (QED) is 0.838. The van der Waals surface area contributed by atoms with Crippen LogP contribution in [0.25, 0.3) is 0 Å². The van der Waals surface area contributed by atoms with Gasteiger partial charge in [0.1, 0.15) is 11.7 Å². The molecule has 1 saturated heterocycles. The van der Waals surface area contributed by atoms with Crippen molar-refractivity contribution in [2.75, 3.05) is 13.2 Å². The van der Waals surface area contributed by atoms with E-state index in [1.165, 1.54) is 12.3 Å². The predicted octanol–water partition coefficient (Wildman–Crippen LogP) is 0.565. The largest absolute Gasteiger partial charge is 0.364 e. The Bertz CT molecular complexity index is 536. The monoisotopic (exact) mass is 266 g/mol. The topological polar surface area (TPSA) is 80.4 Å². The molecule has 1 aromatic heterocycles. The Kier molecular flexibility index (Phi) is 3.73. The molecule has 1 unspecified atom stereocenters. The third kappa shape index (κ3) is 3.42. The van der Waals surface area contributed by atoms with Crippen LogP contribution in [0.4, 0.5) is 0 Å². The number of carbonyl (C=O) groups excluding carboxylic acids is 1. The van der Waals surface area contributed by atoms with Gasteiger partial charge in [0.25, 0.3) is 5.91 Å². The highest BCUT2D eigenvalue weighted by Gasteiger charge is 2.32. The minimum absolute atomic E-state index is 0.101. The average Bonchev–Trinajstić information content (AvgIpc) is 2.66. The number of ether oxygens (including phenoxy) is 2. The standard InChI is InChI=1S/C13H18N2O4/c1-8-4-11(16)10(6-14-8)12(17)15-5-9-7-18-13(2,3)19-9/h4,6,9H,5,7H2,1-3H3,(H,14,16)(H,15,17). The van der Waals surface area contributed by atoms with E-state index in [-0.39, 0.29) is 17.1 Å². The molecule has 1 amide bonds. The van der Waals surface area contributed by atoms with E-state index in [1.54, 1.807) is 6.92 Å². The molecule has 0 radical (unpaired) electrons. The maximum absolute atomic E-state index is 11.9. The highest BCUT2D eigenvalue weighted by molar-refractivity contribution is 5.93. The molecule has 0 spiro atoms. The molecule has 1 aromatic rings. The van der Waals surface area contributed by atoms with Crippen LogP contribution in [0.5, 0.6) is 0 Å². The molecular weight excluding hydrogens is 248 g/mol. The Labute approximate surface area is 111 Å². The summed E-state index contributed by atoms with van der Waals surface area (Å²) in [6, 6.07) is 1.40. The molecule has 104 valence electrons. The van der Waals surface area contributed by atoms with Crippen LogP contribution in [0.15, 0.2) is 17.1 Å². The number of H-pyrrole nitrogens is 1. The van der Waals surface area contributed by atoms with Crippen LogP contribution in [0.2, 0.25) is 0 Å². The summed E-state index contributed by atoms with van der Waals surface area (Å²) in [4.78, 5) is 26.4. The summed E-state index contributed by atoms with van der Waals surface area (Å²) in [5, 5.41) is 2.68. The molecule has 1 atom stereocenters. The number of aryl methyl sites for hydroxylation is 1. The molecule has 0 aromatic carbocycles. The van der Waals surface area contributed by atoms with Crippen LogP contribution in [-0.4, -0.2) is 35.9 Å². The van der Waals surface area contributed by atoms with Crippen LogP contribution in [-0.2, 0) is 9.47 Å². The van der Waals surface area contributed by atoms with Crippen LogP contribution in [0, 0.1) is 6.92 Å². The van der Waals surface area contributed by atoms with Crippen molar-refractivity contribution in [1.29, 1.82) is 0 Å². The third-order valence-corrected chi connectivity index (χ3v) is 2.86. The fourth-order valence-electron chi connectivity index (χ4n) is 1.92. The highest BCUT2D eigenvalue weighted by atomic mass is 16.7. The summed E-state index contributed by atoms with van der Waals surface area (Å²) in [6.07, 6.45) is 1.23. The van der Waals surface area contributed by atoms with Gasteiger partial charge in [0, 0.05) is 24.5 Å². The summed E-state index contributed by atoms with van der Waals surface area (Å²) in [7, 11) is 0. The fraction of sp³-hybridized carbons (Fsp3) is 0.538. The smallest absolute Gasteiger partial charge is 0.256 e. The number of carbonyl (C=O) groups is 1. The summed E-state index contributed by atoms with van der Waals surface area (Å²) < 4.78 is 11.0. The van der Waals surface area contributed by atoms with Gasteiger partial charge in [-0.1, -0.05) is 0 Å². The van der Waals surface area contributed by atoms with E-state index in [1.807, 2.05) is 13.8 Å². The number of amides is 1. The van der Waals surface area contributed by atoms with Crippen molar-refractivity contribution in [3.05, 3.63) is 33.7 Å². The molecule has 1 aliphatic rings. The van der Waals surface area contributed by atoms with E-state index in [4.69, 9.17) is 9.47 Å². The van der Waals surface area contributed by atoms with Gasteiger partial charge in [0.2, 0.25) is 0 Å². The van der Waals surface area contributed by atoms with E-state index < -0.39 is 11.7 Å². The van der Waals surface area contributed by atoms with Gasteiger partial charge in [0.15, 0.2) is 11.2 Å². The number of aromatic amines is 1. The summed E-state index contributed by atoms with van der Waals surface area (Å²) in [5.74, 6) is -1.02. The molecule has 19 heavy (non-hydrogen) atoms. The van der Waals surface area contributed by atoms with Gasteiger partial charge in [-0.15, -0.1) is 0 Å². The third-order valence-electron chi connectivity index (χ3n) is 2.86. The van der Waals surface area contributed by atoms with Crippen LogP contribution in [0.1, 0.15) is 29.9 Å². The van der Waals surface area contributed by atoms with E-state index >= 15 is 0 Å². The second kappa shape index (κ2) is 5.14. The van der Waals surface area contributed by atoms with Gasteiger partial charge in [-0.25, -0.2) is 0 Å². The Morgan fingerprint density at radius 2 is 2.32 bits per heavy atom.